The minimum atomic E-state index is -0.111. The van der Waals surface area contributed by atoms with Crippen molar-refractivity contribution in [3.63, 3.8) is 0 Å². The highest BCUT2D eigenvalue weighted by Gasteiger charge is 2.16. The van der Waals surface area contributed by atoms with E-state index in [1.54, 1.807) is 7.11 Å². The number of nitrogens with one attached hydrogen (secondary N) is 1. The third-order valence-corrected chi connectivity index (χ3v) is 2.65. The molecule has 0 amide bonds. The number of methoxy groups -OCH3 is 1. The first-order valence-corrected chi connectivity index (χ1v) is 6.47. The molecular formula is C15H25NO2. The molecule has 0 fully saturated rings. The lowest BCUT2D eigenvalue weighted by Crippen LogP contribution is -2.30. The molecule has 0 spiro atoms. The molecule has 1 atom stereocenters. The highest BCUT2D eigenvalue weighted by molar-refractivity contribution is 5.29. The predicted molar refractivity (Wildman–Crippen MR) is 75.1 cm³/mol. The zero-order valence-electron chi connectivity index (χ0n) is 12.1. The Hall–Kier alpha value is -1.06. The van der Waals surface area contributed by atoms with Crippen LogP contribution in [-0.4, -0.2) is 25.9 Å². The van der Waals surface area contributed by atoms with Crippen molar-refractivity contribution in [2.75, 3.05) is 20.3 Å². The first-order chi connectivity index (χ1) is 8.46. The van der Waals surface area contributed by atoms with Gasteiger partial charge in [-0.2, -0.15) is 0 Å². The zero-order chi connectivity index (χ0) is 13.6. The van der Waals surface area contributed by atoms with Gasteiger partial charge < -0.3 is 14.8 Å². The summed E-state index contributed by atoms with van der Waals surface area (Å²) in [5, 5.41) is 3.44. The number of ether oxygens (including phenoxy) is 2. The lowest BCUT2D eigenvalue weighted by molar-refractivity contribution is -0.0146. The molecule has 1 N–H and O–H groups in total. The molecule has 0 radical (unpaired) electrons. The minimum Gasteiger partial charge on any atom is -0.497 e. The zero-order valence-corrected chi connectivity index (χ0v) is 12.1. The fourth-order valence-electron chi connectivity index (χ4n) is 1.69. The summed E-state index contributed by atoms with van der Waals surface area (Å²) in [5.41, 5.74) is 1.11. The van der Waals surface area contributed by atoms with Gasteiger partial charge in [-0.15, -0.1) is 0 Å². The highest BCUT2D eigenvalue weighted by atomic mass is 16.5. The van der Waals surface area contributed by atoms with Gasteiger partial charge in [-0.1, -0.05) is 19.1 Å². The van der Waals surface area contributed by atoms with Crippen molar-refractivity contribution in [3.8, 4) is 5.75 Å². The molecular weight excluding hydrogens is 226 g/mol. The summed E-state index contributed by atoms with van der Waals surface area (Å²) in [4.78, 5) is 0. The van der Waals surface area contributed by atoms with Gasteiger partial charge in [-0.25, -0.2) is 0 Å². The van der Waals surface area contributed by atoms with E-state index in [0.717, 1.165) is 12.3 Å². The highest BCUT2D eigenvalue weighted by Crippen LogP contribution is 2.20. The fourth-order valence-corrected chi connectivity index (χ4v) is 1.69. The van der Waals surface area contributed by atoms with Crippen LogP contribution in [0.25, 0.3) is 0 Å². The van der Waals surface area contributed by atoms with Crippen molar-refractivity contribution in [2.45, 2.75) is 39.3 Å². The van der Waals surface area contributed by atoms with Crippen molar-refractivity contribution < 1.29 is 9.47 Å². The van der Waals surface area contributed by atoms with Gasteiger partial charge in [-0.05, 0) is 45.0 Å². The van der Waals surface area contributed by atoms with Gasteiger partial charge in [0, 0.05) is 0 Å². The van der Waals surface area contributed by atoms with E-state index < -0.39 is 0 Å². The quantitative estimate of drug-likeness (QED) is 0.842. The lowest BCUT2D eigenvalue weighted by atomic mass is 10.1. The fraction of sp³-hybridized carbons (Fsp3) is 0.600. The molecule has 3 nitrogen and oxygen atoms in total. The van der Waals surface area contributed by atoms with E-state index in [0.29, 0.717) is 6.61 Å². The van der Waals surface area contributed by atoms with Crippen LogP contribution in [-0.2, 0) is 4.74 Å². The molecule has 0 bridgehead atoms. The molecule has 0 aliphatic carbocycles. The second-order valence-electron chi connectivity index (χ2n) is 5.31. The van der Waals surface area contributed by atoms with Gasteiger partial charge in [0.2, 0.25) is 0 Å². The van der Waals surface area contributed by atoms with Gasteiger partial charge in [-0.3, -0.25) is 0 Å². The number of rotatable bonds is 6. The summed E-state index contributed by atoms with van der Waals surface area (Å²) in [6.45, 7) is 9.92. The summed E-state index contributed by atoms with van der Waals surface area (Å²) >= 11 is 0. The molecule has 0 heterocycles. The van der Waals surface area contributed by atoms with Gasteiger partial charge in [0.1, 0.15) is 5.75 Å². The maximum atomic E-state index is 5.86. The van der Waals surface area contributed by atoms with E-state index in [-0.39, 0.29) is 11.6 Å². The second kappa shape index (κ2) is 6.76. The van der Waals surface area contributed by atoms with E-state index in [1.807, 2.05) is 12.1 Å². The molecule has 1 aromatic carbocycles. The normalized spacial score (nSPS) is 13.4. The molecule has 0 saturated heterocycles. The Balaban J connectivity index is 2.70. The topological polar surface area (TPSA) is 30.5 Å². The van der Waals surface area contributed by atoms with Gasteiger partial charge in [0.15, 0.2) is 0 Å². The van der Waals surface area contributed by atoms with Gasteiger partial charge in [0.05, 0.1) is 25.4 Å². The van der Waals surface area contributed by atoms with E-state index in [9.17, 15) is 0 Å². The van der Waals surface area contributed by atoms with E-state index in [2.05, 4.69) is 45.1 Å². The van der Waals surface area contributed by atoms with Crippen LogP contribution in [0.5, 0.6) is 5.75 Å². The predicted octanol–water partition coefficient (Wildman–Crippen LogP) is 3.16. The summed E-state index contributed by atoms with van der Waals surface area (Å²) in [5.74, 6) is 0.880. The molecule has 1 unspecified atom stereocenters. The average Bonchev–Trinajstić information content (AvgIpc) is 2.33. The maximum absolute atomic E-state index is 5.86. The maximum Gasteiger partial charge on any atom is 0.118 e. The molecule has 0 aliphatic rings. The smallest absolute Gasteiger partial charge is 0.118 e. The van der Waals surface area contributed by atoms with Crippen LogP contribution in [0.2, 0.25) is 0 Å². The van der Waals surface area contributed by atoms with Crippen LogP contribution in [0.3, 0.4) is 0 Å². The third-order valence-electron chi connectivity index (χ3n) is 2.65. The summed E-state index contributed by atoms with van der Waals surface area (Å²) in [6, 6.07) is 8.35. The molecule has 0 aliphatic heterocycles. The summed E-state index contributed by atoms with van der Waals surface area (Å²) < 4.78 is 11.0. The van der Waals surface area contributed by atoms with E-state index in [4.69, 9.17) is 9.47 Å². The molecule has 0 saturated carbocycles. The van der Waals surface area contributed by atoms with E-state index in [1.165, 1.54) is 5.56 Å². The van der Waals surface area contributed by atoms with Crippen molar-refractivity contribution in [2.24, 2.45) is 0 Å². The molecule has 0 aromatic heterocycles. The van der Waals surface area contributed by atoms with Gasteiger partial charge >= 0.3 is 0 Å². The van der Waals surface area contributed by atoms with Crippen LogP contribution in [0.15, 0.2) is 24.3 Å². The van der Waals surface area contributed by atoms with Crippen LogP contribution < -0.4 is 10.1 Å². The molecule has 3 heteroatoms. The first-order valence-electron chi connectivity index (χ1n) is 6.47. The number of hydrogen-bond donors (Lipinski definition) is 1. The Kier molecular flexibility index (Phi) is 5.63. The monoisotopic (exact) mass is 251 g/mol. The third kappa shape index (κ3) is 5.07. The van der Waals surface area contributed by atoms with Crippen molar-refractivity contribution in [3.05, 3.63) is 29.8 Å². The largest absolute Gasteiger partial charge is 0.497 e. The van der Waals surface area contributed by atoms with Crippen molar-refractivity contribution in [1.82, 2.24) is 5.32 Å². The minimum absolute atomic E-state index is 0.111. The molecule has 102 valence electrons. The summed E-state index contributed by atoms with van der Waals surface area (Å²) in [6.07, 6.45) is 0. The Labute approximate surface area is 110 Å². The molecule has 1 aromatic rings. The SMILES string of the molecule is CCNC(COC(C)(C)C)c1ccc(OC)cc1. The van der Waals surface area contributed by atoms with Crippen LogP contribution >= 0.6 is 0 Å². The van der Waals surface area contributed by atoms with Gasteiger partial charge in [0.25, 0.3) is 0 Å². The summed E-state index contributed by atoms with van der Waals surface area (Å²) in [7, 11) is 1.68. The lowest BCUT2D eigenvalue weighted by Gasteiger charge is -2.25. The Morgan fingerprint density at radius 2 is 1.78 bits per heavy atom. The standard InChI is InChI=1S/C15H25NO2/c1-6-16-14(11-18-15(2,3)4)12-7-9-13(17-5)10-8-12/h7-10,14,16H,6,11H2,1-5H3. The van der Waals surface area contributed by atoms with Crippen LogP contribution in [0.4, 0.5) is 0 Å². The van der Waals surface area contributed by atoms with E-state index >= 15 is 0 Å². The Morgan fingerprint density at radius 3 is 2.22 bits per heavy atom. The Morgan fingerprint density at radius 1 is 1.17 bits per heavy atom. The number of likely N-dealkylation sites (N-methyl/N-ethyl adjacent to an activating group) is 1. The van der Waals surface area contributed by atoms with Crippen LogP contribution in [0, 0.1) is 0 Å². The Bertz CT molecular complexity index is 341. The molecule has 1 rings (SSSR count). The number of hydrogen-bond acceptors (Lipinski definition) is 3. The number of benzene rings is 1. The van der Waals surface area contributed by atoms with Crippen molar-refractivity contribution >= 4 is 0 Å². The second-order valence-corrected chi connectivity index (χ2v) is 5.31. The average molecular weight is 251 g/mol. The van der Waals surface area contributed by atoms with Crippen LogP contribution in [0.1, 0.15) is 39.3 Å². The van der Waals surface area contributed by atoms with Crippen molar-refractivity contribution in [1.29, 1.82) is 0 Å². The first kappa shape index (κ1) is 15.0. The molecule has 18 heavy (non-hydrogen) atoms.